The van der Waals surface area contributed by atoms with E-state index in [1.807, 2.05) is 0 Å². The summed E-state index contributed by atoms with van der Waals surface area (Å²) in [6.45, 7) is 4.46. The molecule has 0 bridgehead atoms. The van der Waals surface area contributed by atoms with Crippen molar-refractivity contribution in [1.82, 2.24) is 20.9 Å². The van der Waals surface area contributed by atoms with E-state index in [1.54, 1.807) is 13.8 Å². The Kier molecular flexibility index (Phi) is 8.78. The zero-order chi connectivity index (χ0) is 23.1. The molecule has 0 spiro atoms. The molecule has 5 N–H and O–H groups in total. The fourth-order valence-corrected chi connectivity index (χ4v) is 3.97. The molecule has 0 saturated carbocycles. The fraction of sp³-hybridized carbons (Fsp3) is 0.750. The first-order valence-electron chi connectivity index (χ1n) is 10.7. The second-order valence-electron chi connectivity index (χ2n) is 8.40. The van der Waals surface area contributed by atoms with Crippen LogP contribution in [0.2, 0.25) is 0 Å². The van der Waals surface area contributed by atoms with Crippen LogP contribution < -0.4 is 16.0 Å². The van der Waals surface area contributed by atoms with Crippen molar-refractivity contribution in [2.24, 2.45) is 5.92 Å². The van der Waals surface area contributed by atoms with Crippen molar-refractivity contribution in [3.05, 3.63) is 0 Å². The van der Waals surface area contributed by atoms with Crippen molar-refractivity contribution in [1.29, 1.82) is 0 Å². The second-order valence-corrected chi connectivity index (χ2v) is 8.40. The number of rotatable bonds is 10. The number of likely N-dealkylation sites (tertiary alicyclic amines) is 1. The van der Waals surface area contributed by atoms with Gasteiger partial charge in [0.05, 0.1) is 6.04 Å². The number of hydrogen-bond acceptors (Lipinski definition) is 6. The van der Waals surface area contributed by atoms with Gasteiger partial charge < -0.3 is 31.1 Å². The van der Waals surface area contributed by atoms with E-state index in [9.17, 15) is 29.1 Å². The molecule has 2 heterocycles. The molecular weight excluding hydrogens is 408 g/mol. The van der Waals surface area contributed by atoms with Gasteiger partial charge in [0.1, 0.15) is 18.1 Å². The Morgan fingerprint density at radius 2 is 1.77 bits per heavy atom. The molecule has 2 aliphatic heterocycles. The molecule has 4 unspecified atom stereocenters. The van der Waals surface area contributed by atoms with Gasteiger partial charge in [-0.15, -0.1) is 0 Å². The van der Waals surface area contributed by atoms with Crippen LogP contribution in [-0.2, 0) is 24.0 Å². The molecule has 3 amide bonds. The van der Waals surface area contributed by atoms with Gasteiger partial charge in [0.15, 0.2) is 0 Å². The summed E-state index contributed by atoms with van der Waals surface area (Å²) in [5.74, 6) is -4.07. The highest BCUT2D eigenvalue weighted by atomic mass is 16.4. The molecule has 0 aromatic rings. The Labute approximate surface area is 180 Å². The Bertz CT molecular complexity index is 706. The Balaban J connectivity index is 2.12. The lowest BCUT2D eigenvalue weighted by atomic mass is 10.0. The van der Waals surface area contributed by atoms with E-state index in [0.717, 1.165) is 13.0 Å². The van der Waals surface area contributed by atoms with Gasteiger partial charge in [-0.2, -0.15) is 0 Å². The third-order valence-electron chi connectivity index (χ3n) is 5.71. The molecule has 4 atom stereocenters. The standard InChI is InChI=1S/C20H32N4O7/c1-11(2)16(23-17(27)12-5-3-9-21-12)18(28)22-13(7-8-15(25)26)19(29)24-10-4-6-14(24)20(30)31/h11-14,16,21H,3-10H2,1-2H3,(H,22,28)(H,23,27)(H,25,26)(H,30,31). The summed E-state index contributed by atoms with van der Waals surface area (Å²) in [4.78, 5) is 62.1. The van der Waals surface area contributed by atoms with Crippen LogP contribution in [0, 0.1) is 5.92 Å². The number of aliphatic carboxylic acids is 2. The second kappa shape index (κ2) is 11.1. The summed E-state index contributed by atoms with van der Waals surface area (Å²) in [5.41, 5.74) is 0. The van der Waals surface area contributed by atoms with Crippen LogP contribution >= 0.6 is 0 Å². The largest absolute Gasteiger partial charge is 0.481 e. The predicted octanol–water partition coefficient (Wildman–Crippen LogP) is -0.696. The van der Waals surface area contributed by atoms with Crippen LogP contribution in [0.5, 0.6) is 0 Å². The van der Waals surface area contributed by atoms with Gasteiger partial charge in [0.2, 0.25) is 17.7 Å². The van der Waals surface area contributed by atoms with Crippen molar-refractivity contribution in [3.8, 4) is 0 Å². The normalized spacial score (nSPS) is 22.7. The van der Waals surface area contributed by atoms with Crippen LogP contribution in [0.15, 0.2) is 0 Å². The average molecular weight is 440 g/mol. The number of hydrogen-bond donors (Lipinski definition) is 5. The molecule has 0 aromatic heterocycles. The number of carboxylic acid groups (broad SMARTS) is 2. The van der Waals surface area contributed by atoms with E-state index in [-0.39, 0.29) is 37.3 Å². The summed E-state index contributed by atoms with van der Waals surface area (Å²) >= 11 is 0. The van der Waals surface area contributed by atoms with Crippen molar-refractivity contribution in [3.63, 3.8) is 0 Å². The molecule has 2 rings (SSSR count). The number of nitrogens with one attached hydrogen (secondary N) is 3. The van der Waals surface area contributed by atoms with Crippen molar-refractivity contribution >= 4 is 29.7 Å². The molecule has 2 saturated heterocycles. The molecule has 11 nitrogen and oxygen atoms in total. The fourth-order valence-electron chi connectivity index (χ4n) is 3.97. The maximum atomic E-state index is 13.0. The highest BCUT2D eigenvalue weighted by molar-refractivity contribution is 5.94. The summed E-state index contributed by atoms with van der Waals surface area (Å²) in [6, 6.07) is -3.47. The lowest BCUT2D eigenvalue weighted by Gasteiger charge is -2.29. The number of amides is 3. The molecule has 2 fully saturated rings. The smallest absolute Gasteiger partial charge is 0.326 e. The Morgan fingerprint density at radius 1 is 1.06 bits per heavy atom. The lowest BCUT2D eigenvalue weighted by molar-refractivity contribution is -0.150. The van der Waals surface area contributed by atoms with E-state index < -0.39 is 41.9 Å². The first-order chi connectivity index (χ1) is 14.6. The molecule has 2 aliphatic rings. The van der Waals surface area contributed by atoms with Gasteiger partial charge in [-0.25, -0.2) is 4.79 Å². The van der Waals surface area contributed by atoms with Crippen molar-refractivity contribution in [2.75, 3.05) is 13.1 Å². The zero-order valence-corrected chi connectivity index (χ0v) is 17.9. The third-order valence-corrected chi connectivity index (χ3v) is 5.71. The van der Waals surface area contributed by atoms with Gasteiger partial charge in [-0.05, 0) is 44.6 Å². The SMILES string of the molecule is CC(C)C(NC(=O)C1CCCN1)C(=O)NC(CCC(=O)O)C(=O)N1CCCC1C(=O)O. The first kappa shape index (κ1) is 24.6. The maximum Gasteiger partial charge on any atom is 0.326 e. The molecule has 0 aliphatic carbocycles. The third kappa shape index (κ3) is 6.65. The summed E-state index contributed by atoms with van der Waals surface area (Å²) in [6.07, 6.45) is 1.81. The average Bonchev–Trinajstić information content (AvgIpc) is 3.39. The van der Waals surface area contributed by atoms with Crippen molar-refractivity contribution in [2.45, 2.75) is 76.5 Å². The van der Waals surface area contributed by atoms with Gasteiger partial charge in [0.25, 0.3) is 0 Å². The molecule has 0 aromatic carbocycles. The zero-order valence-electron chi connectivity index (χ0n) is 17.9. The number of carboxylic acids is 2. The highest BCUT2D eigenvalue weighted by Gasteiger charge is 2.39. The molecular formula is C20H32N4O7. The van der Waals surface area contributed by atoms with Crippen LogP contribution in [-0.4, -0.2) is 82.0 Å². The van der Waals surface area contributed by atoms with E-state index in [2.05, 4.69) is 16.0 Å². The van der Waals surface area contributed by atoms with Crippen molar-refractivity contribution < 1.29 is 34.2 Å². The minimum atomic E-state index is -1.19. The van der Waals surface area contributed by atoms with Crippen LogP contribution in [0.1, 0.15) is 52.4 Å². The number of nitrogens with zero attached hydrogens (tertiary/aromatic N) is 1. The molecule has 11 heteroatoms. The van der Waals surface area contributed by atoms with Crippen LogP contribution in [0.25, 0.3) is 0 Å². The lowest BCUT2D eigenvalue weighted by Crippen LogP contribution is -2.58. The molecule has 174 valence electrons. The highest BCUT2D eigenvalue weighted by Crippen LogP contribution is 2.20. The molecule has 0 radical (unpaired) electrons. The summed E-state index contributed by atoms with van der Waals surface area (Å²) in [5, 5.41) is 26.7. The van der Waals surface area contributed by atoms with Gasteiger partial charge in [0, 0.05) is 13.0 Å². The summed E-state index contributed by atoms with van der Waals surface area (Å²) in [7, 11) is 0. The number of carbonyl (C=O) groups is 5. The van der Waals surface area contributed by atoms with Gasteiger partial charge >= 0.3 is 11.9 Å². The molecule has 31 heavy (non-hydrogen) atoms. The summed E-state index contributed by atoms with van der Waals surface area (Å²) < 4.78 is 0. The van der Waals surface area contributed by atoms with E-state index in [0.29, 0.717) is 19.3 Å². The minimum absolute atomic E-state index is 0.175. The minimum Gasteiger partial charge on any atom is -0.481 e. The van der Waals surface area contributed by atoms with E-state index >= 15 is 0 Å². The maximum absolute atomic E-state index is 13.0. The first-order valence-corrected chi connectivity index (χ1v) is 10.7. The quantitative estimate of drug-likeness (QED) is 0.298. The van der Waals surface area contributed by atoms with E-state index in [1.165, 1.54) is 4.90 Å². The Hall–Kier alpha value is -2.69. The van der Waals surface area contributed by atoms with E-state index in [4.69, 9.17) is 5.11 Å². The predicted molar refractivity (Wildman–Crippen MR) is 109 cm³/mol. The number of carbonyl (C=O) groups excluding carboxylic acids is 3. The van der Waals surface area contributed by atoms with Gasteiger partial charge in [-0.1, -0.05) is 13.8 Å². The van der Waals surface area contributed by atoms with Crippen LogP contribution in [0.4, 0.5) is 0 Å². The Morgan fingerprint density at radius 3 is 2.32 bits per heavy atom. The van der Waals surface area contributed by atoms with Gasteiger partial charge in [-0.3, -0.25) is 19.2 Å². The monoisotopic (exact) mass is 440 g/mol. The topological polar surface area (TPSA) is 165 Å². The van der Waals surface area contributed by atoms with Crippen LogP contribution in [0.3, 0.4) is 0 Å².